The van der Waals surface area contributed by atoms with Crippen molar-refractivity contribution in [3.63, 3.8) is 0 Å². The predicted octanol–water partition coefficient (Wildman–Crippen LogP) is 2.03. The molecule has 0 aliphatic carbocycles. The van der Waals surface area contributed by atoms with Crippen molar-refractivity contribution in [2.24, 2.45) is 0 Å². The smallest absolute Gasteiger partial charge is 0.335 e. The van der Waals surface area contributed by atoms with Crippen molar-refractivity contribution < 1.29 is 23.1 Å². The third kappa shape index (κ3) is 4.23. The quantitative estimate of drug-likeness (QED) is 0.818. The second-order valence-electron chi connectivity index (χ2n) is 5.39. The van der Waals surface area contributed by atoms with E-state index in [1.165, 1.54) is 50.4 Å². The highest BCUT2D eigenvalue weighted by Gasteiger charge is 2.29. The molecular formula is C17H18N2O5S. The van der Waals surface area contributed by atoms with Crippen LogP contribution in [-0.4, -0.2) is 42.8 Å². The largest absolute Gasteiger partial charge is 0.478 e. The Morgan fingerprint density at radius 2 is 1.72 bits per heavy atom. The molecule has 0 spiro atoms. The van der Waals surface area contributed by atoms with Crippen LogP contribution in [0.25, 0.3) is 0 Å². The zero-order valence-corrected chi connectivity index (χ0v) is 14.5. The standard InChI is InChI=1S/C17H18N2O5S/c1-12(19(2)25(23,24)15-9-4-3-5-10-15)16(20)18-14-8-6-7-13(11-14)17(21)22/h3-12H,1-2H3,(H,18,20)(H,21,22)/t12-/m0/s1. The van der Waals surface area contributed by atoms with E-state index in [1.54, 1.807) is 18.2 Å². The van der Waals surface area contributed by atoms with Gasteiger partial charge in [-0.15, -0.1) is 0 Å². The molecule has 2 N–H and O–H groups in total. The highest BCUT2D eigenvalue weighted by Crippen LogP contribution is 2.17. The maximum atomic E-state index is 12.5. The molecule has 8 heteroatoms. The lowest BCUT2D eigenvalue weighted by molar-refractivity contribution is -0.119. The second kappa shape index (κ2) is 7.45. The zero-order chi connectivity index (χ0) is 18.6. The normalized spacial score (nSPS) is 12.6. The molecule has 0 saturated carbocycles. The summed E-state index contributed by atoms with van der Waals surface area (Å²) < 4.78 is 26.1. The van der Waals surface area contributed by atoms with Gasteiger partial charge < -0.3 is 10.4 Å². The molecular weight excluding hydrogens is 344 g/mol. The molecule has 1 amide bonds. The van der Waals surface area contributed by atoms with Gasteiger partial charge in [0.25, 0.3) is 0 Å². The Morgan fingerprint density at radius 3 is 2.32 bits per heavy atom. The number of amides is 1. The zero-order valence-electron chi connectivity index (χ0n) is 13.7. The highest BCUT2D eigenvalue weighted by molar-refractivity contribution is 7.89. The number of aromatic carboxylic acids is 1. The van der Waals surface area contributed by atoms with Crippen LogP contribution < -0.4 is 5.32 Å². The monoisotopic (exact) mass is 362 g/mol. The number of anilines is 1. The molecule has 132 valence electrons. The van der Waals surface area contributed by atoms with Gasteiger partial charge in [0.1, 0.15) is 6.04 Å². The summed E-state index contributed by atoms with van der Waals surface area (Å²) in [6, 6.07) is 12.5. The van der Waals surface area contributed by atoms with E-state index in [2.05, 4.69) is 5.32 Å². The first-order chi connectivity index (χ1) is 11.7. The van der Waals surface area contributed by atoms with Crippen LogP contribution in [0.1, 0.15) is 17.3 Å². The molecule has 0 saturated heterocycles. The highest BCUT2D eigenvalue weighted by atomic mass is 32.2. The fraction of sp³-hybridized carbons (Fsp3) is 0.176. The number of carbonyl (C=O) groups is 2. The number of nitrogens with zero attached hydrogens (tertiary/aromatic N) is 1. The Bertz CT molecular complexity index is 881. The van der Waals surface area contributed by atoms with Crippen molar-refractivity contribution in [2.75, 3.05) is 12.4 Å². The first-order valence-corrected chi connectivity index (χ1v) is 8.85. The Hall–Kier alpha value is -2.71. The lowest BCUT2D eigenvalue weighted by Crippen LogP contribution is -2.43. The minimum atomic E-state index is -3.82. The predicted molar refractivity (Wildman–Crippen MR) is 92.9 cm³/mol. The lowest BCUT2D eigenvalue weighted by atomic mass is 10.2. The Morgan fingerprint density at radius 1 is 1.08 bits per heavy atom. The van der Waals surface area contributed by atoms with Gasteiger partial charge in [-0.2, -0.15) is 4.31 Å². The Labute approximate surface area is 146 Å². The van der Waals surface area contributed by atoms with Crippen LogP contribution in [0, 0.1) is 0 Å². The van der Waals surface area contributed by atoms with Crippen molar-refractivity contribution >= 4 is 27.6 Å². The molecule has 2 rings (SSSR count). The van der Waals surface area contributed by atoms with Crippen LogP contribution in [0.2, 0.25) is 0 Å². The number of rotatable bonds is 6. The first-order valence-electron chi connectivity index (χ1n) is 7.41. The van der Waals surface area contributed by atoms with Crippen molar-refractivity contribution in [3.05, 3.63) is 60.2 Å². The molecule has 0 aliphatic heterocycles. The molecule has 2 aromatic rings. The minimum absolute atomic E-state index is 0.0238. The van der Waals surface area contributed by atoms with Crippen molar-refractivity contribution in [1.82, 2.24) is 4.31 Å². The van der Waals surface area contributed by atoms with Gasteiger partial charge in [-0.1, -0.05) is 24.3 Å². The van der Waals surface area contributed by atoms with Gasteiger partial charge in [0.15, 0.2) is 0 Å². The summed E-state index contributed by atoms with van der Waals surface area (Å²) in [5.41, 5.74) is 0.304. The van der Waals surface area contributed by atoms with Crippen molar-refractivity contribution in [2.45, 2.75) is 17.9 Å². The van der Waals surface area contributed by atoms with E-state index >= 15 is 0 Å². The first kappa shape index (κ1) is 18.6. The SMILES string of the molecule is C[C@@H](C(=O)Nc1cccc(C(=O)O)c1)N(C)S(=O)(=O)c1ccccc1. The van der Waals surface area contributed by atoms with E-state index in [4.69, 9.17) is 5.11 Å². The maximum absolute atomic E-state index is 12.5. The van der Waals surface area contributed by atoms with Gasteiger partial charge in [0.2, 0.25) is 15.9 Å². The van der Waals surface area contributed by atoms with E-state index < -0.39 is 27.9 Å². The van der Waals surface area contributed by atoms with Crippen LogP contribution in [0.15, 0.2) is 59.5 Å². The van der Waals surface area contributed by atoms with Crippen LogP contribution in [0.5, 0.6) is 0 Å². The van der Waals surface area contributed by atoms with Gasteiger partial charge in [0, 0.05) is 12.7 Å². The van der Waals surface area contributed by atoms with Gasteiger partial charge >= 0.3 is 5.97 Å². The third-order valence-electron chi connectivity index (χ3n) is 3.72. The number of likely N-dealkylation sites (N-methyl/N-ethyl adjacent to an activating group) is 1. The van der Waals surface area contributed by atoms with E-state index in [9.17, 15) is 18.0 Å². The summed E-state index contributed by atoms with van der Waals surface area (Å²) in [5.74, 6) is -1.68. The number of carbonyl (C=O) groups excluding carboxylic acids is 1. The molecule has 7 nitrogen and oxygen atoms in total. The molecule has 2 aromatic carbocycles. The Kier molecular flexibility index (Phi) is 5.55. The van der Waals surface area contributed by atoms with Crippen LogP contribution >= 0.6 is 0 Å². The maximum Gasteiger partial charge on any atom is 0.335 e. The number of hydrogen-bond acceptors (Lipinski definition) is 4. The molecule has 0 heterocycles. The summed E-state index contributed by atoms with van der Waals surface area (Å²) in [4.78, 5) is 23.4. The summed E-state index contributed by atoms with van der Waals surface area (Å²) in [6.45, 7) is 1.46. The summed E-state index contributed by atoms with van der Waals surface area (Å²) in [7, 11) is -2.50. The number of hydrogen-bond donors (Lipinski definition) is 2. The fourth-order valence-corrected chi connectivity index (χ4v) is 3.45. The number of sulfonamides is 1. The van der Waals surface area contributed by atoms with E-state index in [0.717, 1.165) is 4.31 Å². The van der Waals surface area contributed by atoms with E-state index in [1.807, 2.05) is 0 Å². The molecule has 0 aliphatic rings. The molecule has 0 aromatic heterocycles. The van der Waals surface area contributed by atoms with Gasteiger partial charge in [-0.05, 0) is 37.3 Å². The fourth-order valence-electron chi connectivity index (χ4n) is 2.11. The average molecular weight is 362 g/mol. The third-order valence-corrected chi connectivity index (χ3v) is 5.66. The van der Waals surface area contributed by atoms with Gasteiger partial charge in [-0.25, -0.2) is 13.2 Å². The number of nitrogens with one attached hydrogen (secondary N) is 1. The molecule has 25 heavy (non-hydrogen) atoms. The molecule has 0 radical (unpaired) electrons. The van der Waals surface area contributed by atoms with Crippen molar-refractivity contribution in [3.8, 4) is 0 Å². The van der Waals surface area contributed by atoms with Gasteiger partial charge in [0.05, 0.1) is 10.5 Å². The van der Waals surface area contributed by atoms with Crippen LogP contribution in [0.3, 0.4) is 0 Å². The number of carboxylic acids is 1. The molecule has 1 atom stereocenters. The number of benzene rings is 2. The van der Waals surface area contributed by atoms with E-state index in [-0.39, 0.29) is 16.1 Å². The lowest BCUT2D eigenvalue weighted by Gasteiger charge is -2.23. The molecule has 0 unspecified atom stereocenters. The van der Waals surface area contributed by atoms with Crippen LogP contribution in [-0.2, 0) is 14.8 Å². The molecule has 0 bridgehead atoms. The van der Waals surface area contributed by atoms with Crippen molar-refractivity contribution in [1.29, 1.82) is 0 Å². The topological polar surface area (TPSA) is 104 Å². The van der Waals surface area contributed by atoms with E-state index in [0.29, 0.717) is 0 Å². The molecule has 0 fully saturated rings. The number of carboxylic acid groups (broad SMARTS) is 1. The summed E-state index contributed by atoms with van der Waals surface area (Å²) >= 11 is 0. The summed E-state index contributed by atoms with van der Waals surface area (Å²) in [5, 5.41) is 11.5. The van der Waals surface area contributed by atoms with Gasteiger partial charge in [-0.3, -0.25) is 4.79 Å². The second-order valence-corrected chi connectivity index (χ2v) is 7.38. The Balaban J connectivity index is 2.17. The average Bonchev–Trinajstić information content (AvgIpc) is 2.61. The summed E-state index contributed by atoms with van der Waals surface area (Å²) in [6.07, 6.45) is 0. The van der Waals surface area contributed by atoms with Crippen LogP contribution in [0.4, 0.5) is 5.69 Å². The minimum Gasteiger partial charge on any atom is -0.478 e.